The maximum atomic E-state index is 11.8. The highest BCUT2D eigenvalue weighted by Crippen LogP contribution is 2.12. The Hall–Kier alpha value is -0.670. The number of hydrogen-bond acceptors (Lipinski definition) is 2. The Bertz CT molecular complexity index is 363. The predicted octanol–water partition coefficient (Wildman–Crippen LogP) is 4.62. The van der Waals surface area contributed by atoms with E-state index in [1.807, 2.05) is 24.3 Å². The fourth-order valence-corrected chi connectivity index (χ4v) is 2.12. The van der Waals surface area contributed by atoms with E-state index >= 15 is 0 Å². The molecule has 1 rings (SSSR count). The lowest BCUT2D eigenvalue weighted by molar-refractivity contribution is 0.0752. The molecule has 0 amide bonds. The number of ether oxygens (including phenoxy) is 1. The molecular formula is C15H21BrO2. The third kappa shape index (κ3) is 6.31. The van der Waals surface area contributed by atoms with Gasteiger partial charge in [0.2, 0.25) is 0 Å². The minimum atomic E-state index is 0.0462. The van der Waals surface area contributed by atoms with Gasteiger partial charge in [-0.3, -0.25) is 4.79 Å². The SMILES string of the molecule is CCCCCCCOCC(=O)c1cccc(Br)c1. The lowest BCUT2D eigenvalue weighted by Gasteiger charge is -2.04. The molecule has 0 aliphatic carbocycles. The molecule has 0 spiro atoms. The molecule has 100 valence electrons. The molecule has 0 saturated carbocycles. The Morgan fingerprint density at radius 3 is 2.72 bits per heavy atom. The monoisotopic (exact) mass is 312 g/mol. The zero-order chi connectivity index (χ0) is 13.2. The van der Waals surface area contributed by atoms with Crippen LogP contribution in [0.5, 0.6) is 0 Å². The third-order valence-corrected chi connectivity index (χ3v) is 3.27. The number of rotatable bonds is 9. The Balaban J connectivity index is 2.14. The molecule has 1 aromatic rings. The first-order valence-electron chi connectivity index (χ1n) is 6.60. The molecule has 0 bridgehead atoms. The van der Waals surface area contributed by atoms with Gasteiger partial charge in [-0.05, 0) is 18.6 Å². The molecule has 3 heteroatoms. The molecule has 0 N–H and O–H groups in total. The van der Waals surface area contributed by atoms with Crippen LogP contribution in [0, 0.1) is 0 Å². The summed E-state index contributed by atoms with van der Waals surface area (Å²) < 4.78 is 6.33. The number of hydrogen-bond donors (Lipinski definition) is 0. The number of ketones is 1. The van der Waals surface area contributed by atoms with Crippen LogP contribution in [-0.2, 0) is 4.74 Å². The third-order valence-electron chi connectivity index (χ3n) is 2.77. The average Bonchev–Trinajstić information content (AvgIpc) is 2.37. The van der Waals surface area contributed by atoms with Gasteiger partial charge in [0, 0.05) is 16.6 Å². The topological polar surface area (TPSA) is 26.3 Å². The zero-order valence-electron chi connectivity index (χ0n) is 11.0. The molecule has 0 aromatic heterocycles. The second-order valence-corrected chi connectivity index (χ2v) is 5.32. The smallest absolute Gasteiger partial charge is 0.188 e. The standard InChI is InChI=1S/C15H21BrO2/c1-2-3-4-5-6-10-18-12-15(17)13-8-7-9-14(16)11-13/h7-9,11H,2-6,10,12H2,1H3. The second kappa shape index (κ2) is 9.29. The molecule has 0 fully saturated rings. The van der Waals surface area contributed by atoms with E-state index in [0.29, 0.717) is 12.2 Å². The maximum Gasteiger partial charge on any atom is 0.188 e. The first-order valence-corrected chi connectivity index (χ1v) is 7.40. The number of carbonyl (C=O) groups excluding carboxylic acids is 1. The van der Waals surface area contributed by atoms with E-state index in [1.54, 1.807) is 0 Å². The van der Waals surface area contributed by atoms with Crippen LogP contribution in [0.1, 0.15) is 49.4 Å². The number of benzene rings is 1. The molecule has 0 saturated heterocycles. The lowest BCUT2D eigenvalue weighted by Crippen LogP contribution is -2.09. The van der Waals surface area contributed by atoms with Crippen LogP contribution in [0.4, 0.5) is 0 Å². The van der Waals surface area contributed by atoms with E-state index in [0.717, 1.165) is 10.9 Å². The van der Waals surface area contributed by atoms with Crippen LogP contribution in [0.25, 0.3) is 0 Å². The fraction of sp³-hybridized carbons (Fsp3) is 0.533. The molecule has 0 aliphatic heterocycles. The summed E-state index contributed by atoms with van der Waals surface area (Å²) in [6.07, 6.45) is 6.04. The first kappa shape index (κ1) is 15.4. The quantitative estimate of drug-likeness (QED) is 0.491. The zero-order valence-corrected chi connectivity index (χ0v) is 12.5. The predicted molar refractivity (Wildman–Crippen MR) is 78.1 cm³/mol. The van der Waals surface area contributed by atoms with Crippen molar-refractivity contribution in [1.82, 2.24) is 0 Å². The lowest BCUT2D eigenvalue weighted by atomic mass is 10.1. The van der Waals surface area contributed by atoms with Crippen LogP contribution in [0.3, 0.4) is 0 Å². The first-order chi connectivity index (χ1) is 8.74. The second-order valence-electron chi connectivity index (χ2n) is 4.40. The van der Waals surface area contributed by atoms with Crippen LogP contribution < -0.4 is 0 Å². The van der Waals surface area contributed by atoms with Gasteiger partial charge < -0.3 is 4.74 Å². The molecule has 0 aliphatic rings. The number of Topliss-reactive ketones (excluding diaryl/α,β-unsaturated/α-hetero) is 1. The van der Waals surface area contributed by atoms with Crippen LogP contribution in [-0.4, -0.2) is 19.0 Å². The summed E-state index contributed by atoms with van der Waals surface area (Å²) in [6.45, 7) is 3.07. The Labute approximate surface area is 118 Å². The minimum absolute atomic E-state index is 0.0462. The molecular weight excluding hydrogens is 292 g/mol. The van der Waals surface area contributed by atoms with Gasteiger partial charge in [0.05, 0.1) is 0 Å². The Morgan fingerprint density at radius 1 is 1.22 bits per heavy atom. The van der Waals surface area contributed by atoms with Gasteiger partial charge >= 0.3 is 0 Å². The number of carbonyl (C=O) groups is 1. The number of halogens is 1. The van der Waals surface area contributed by atoms with Crippen molar-refractivity contribution in [3.8, 4) is 0 Å². The van der Waals surface area contributed by atoms with Crippen LogP contribution in [0.15, 0.2) is 28.7 Å². The molecule has 0 atom stereocenters. The summed E-state index contributed by atoms with van der Waals surface area (Å²) in [4.78, 5) is 11.8. The normalized spacial score (nSPS) is 10.6. The highest BCUT2D eigenvalue weighted by Gasteiger charge is 2.05. The van der Waals surface area contributed by atoms with Crippen LogP contribution in [0.2, 0.25) is 0 Å². The van der Waals surface area contributed by atoms with E-state index in [9.17, 15) is 4.79 Å². The number of unbranched alkanes of at least 4 members (excludes halogenated alkanes) is 4. The summed E-state index contributed by atoms with van der Waals surface area (Å²) in [5.41, 5.74) is 0.704. The maximum absolute atomic E-state index is 11.8. The summed E-state index contributed by atoms with van der Waals surface area (Å²) in [5.74, 6) is 0.0462. The minimum Gasteiger partial charge on any atom is -0.373 e. The van der Waals surface area contributed by atoms with Gasteiger partial charge in [-0.2, -0.15) is 0 Å². The van der Waals surface area contributed by atoms with E-state index in [-0.39, 0.29) is 12.4 Å². The van der Waals surface area contributed by atoms with Gasteiger partial charge in [0.15, 0.2) is 5.78 Å². The highest BCUT2D eigenvalue weighted by atomic mass is 79.9. The van der Waals surface area contributed by atoms with E-state index in [1.165, 1.54) is 25.7 Å². The van der Waals surface area contributed by atoms with Gasteiger partial charge in [-0.1, -0.05) is 60.7 Å². The summed E-state index contributed by atoms with van der Waals surface area (Å²) in [6, 6.07) is 7.41. The molecule has 2 nitrogen and oxygen atoms in total. The van der Waals surface area contributed by atoms with Crippen molar-refractivity contribution >= 4 is 21.7 Å². The van der Waals surface area contributed by atoms with Gasteiger partial charge in [-0.15, -0.1) is 0 Å². The summed E-state index contributed by atoms with van der Waals surface area (Å²) >= 11 is 3.35. The fourth-order valence-electron chi connectivity index (χ4n) is 1.72. The molecule has 18 heavy (non-hydrogen) atoms. The van der Waals surface area contributed by atoms with Gasteiger partial charge in [0.25, 0.3) is 0 Å². The van der Waals surface area contributed by atoms with Crippen molar-refractivity contribution in [2.75, 3.05) is 13.2 Å². The van der Waals surface area contributed by atoms with Gasteiger partial charge in [0.1, 0.15) is 6.61 Å². The van der Waals surface area contributed by atoms with Crippen molar-refractivity contribution in [1.29, 1.82) is 0 Å². The summed E-state index contributed by atoms with van der Waals surface area (Å²) in [7, 11) is 0. The van der Waals surface area contributed by atoms with Gasteiger partial charge in [-0.25, -0.2) is 0 Å². The molecule has 0 heterocycles. The van der Waals surface area contributed by atoms with Crippen molar-refractivity contribution in [2.24, 2.45) is 0 Å². The molecule has 1 aromatic carbocycles. The van der Waals surface area contributed by atoms with Crippen molar-refractivity contribution in [3.05, 3.63) is 34.3 Å². The van der Waals surface area contributed by atoms with Crippen molar-refractivity contribution < 1.29 is 9.53 Å². The Morgan fingerprint density at radius 2 is 2.00 bits per heavy atom. The van der Waals surface area contributed by atoms with E-state index < -0.39 is 0 Å². The van der Waals surface area contributed by atoms with Crippen molar-refractivity contribution in [3.63, 3.8) is 0 Å². The van der Waals surface area contributed by atoms with Crippen LogP contribution >= 0.6 is 15.9 Å². The van der Waals surface area contributed by atoms with E-state index in [4.69, 9.17) is 4.74 Å². The average molecular weight is 313 g/mol. The van der Waals surface area contributed by atoms with E-state index in [2.05, 4.69) is 22.9 Å². The largest absolute Gasteiger partial charge is 0.373 e. The Kier molecular flexibility index (Phi) is 7.94. The summed E-state index contributed by atoms with van der Waals surface area (Å²) in [5, 5.41) is 0. The van der Waals surface area contributed by atoms with Crippen molar-refractivity contribution in [2.45, 2.75) is 39.0 Å². The molecule has 0 unspecified atom stereocenters. The highest BCUT2D eigenvalue weighted by molar-refractivity contribution is 9.10. The molecule has 0 radical (unpaired) electrons.